The molecule has 4 aromatic carbocycles. The molecule has 33 nitrogen and oxygen atoms in total. The third-order valence-corrected chi connectivity index (χ3v) is 21.9. The number of aromatic amines is 1. The van der Waals surface area contributed by atoms with Crippen molar-refractivity contribution in [3.8, 4) is 22.5 Å². The van der Waals surface area contributed by atoms with Crippen molar-refractivity contribution in [3.05, 3.63) is 120 Å². The van der Waals surface area contributed by atoms with Gasteiger partial charge in [0.25, 0.3) is 0 Å². The van der Waals surface area contributed by atoms with Crippen LogP contribution < -0.4 is 36.8 Å². The summed E-state index contributed by atoms with van der Waals surface area (Å²) < 4.78 is 37.5. The number of amides is 10. The van der Waals surface area contributed by atoms with Crippen LogP contribution in [0.2, 0.25) is 1.41 Å². The SMILES string of the molecule is [3H]n1nnc2c1-c1ccccc1CN(C(=O)CCC(=O)NCCC(=O)N[C@H](C(=O)N[C@@H](CO[C@@H]1O[C@H](CO)[C@@H](O)[C@H](O)[C@H]1O)C(=O)Nc1ccc(COC(=O)N(C)[C@H](C(=O)N[C@H](C(=O)N(C)[C@@H]([C@@H](C)CC)[C@@H](CC(=O)N3CCC[C@H]3[C@H](OC)[C@@H](C)C(=O)N[C@H](C)[C@@H](O)c3ccccc3)OC)C(C)C)C(C)C)cc1)C(C)C)c1ccccc1-2. The lowest BCUT2D eigenvalue weighted by Crippen LogP contribution is -2.60. The lowest BCUT2D eigenvalue weighted by Gasteiger charge is -2.41. The van der Waals surface area contributed by atoms with E-state index in [0.29, 0.717) is 65.1 Å². The quantitative estimate of drug-likeness (QED) is 0.0263. The topological polar surface area (TPSA) is 445 Å². The second-order valence-electron chi connectivity index (χ2n) is 31.1. The largest absolute Gasteiger partial charge is 0.445 e. The van der Waals surface area contributed by atoms with E-state index in [1.807, 2.05) is 44.2 Å². The number of likely N-dealkylation sites (N-methyl/N-ethyl adjacent to an activating group) is 2. The van der Waals surface area contributed by atoms with Gasteiger partial charge >= 0.3 is 6.09 Å². The van der Waals surface area contributed by atoms with Gasteiger partial charge in [0.2, 0.25) is 53.2 Å². The first kappa shape index (κ1) is 90.1. The van der Waals surface area contributed by atoms with Crippen LogP contribution in [0.25, 0.3) is 22.5 Å². The molecule has 0 bridgehead atoms. The predicted octanol–water partition coefficient (Wildman–Crippen LogP) is 4.25. The minimum absolute atomic E-state index is 0.121. The minimum atomic E-state index is -1.88. The number of hydrogen-bond donors (Lipinski definition) is 12. The first-order valence-corrected chi connectivity index (χ1v) is 39.6. The lowest BCUT2D eigenvalue weighted by atomic mass is 9.89. The number of aliphatic hydroxyl groups excluding tert-OH is 5. The van der Waals surface area contributed by atoms with Gasteiger partial charge in [0.1, 0.15) is 60.9 Å². The molecule has 1 aromatic heterocycles. The summed E-state index contributed by atoms with van der Waals surface area (Å²) in [7, 11) is 5.99. The van der Waals surface area contributed by atoms with Crippen molar-refractivity contribution in [2.45, 2.75) is 219 Å². The molecule has 116 heavy (non-hydrogen) atoms. The van der Waals surface area contributed by atoms with Gasteiger partial charge in [-0.3, -0.25) is 53.1 Å². The summed E-state index contributed by atoms with van der Waals surface area (Å²) in [5, 5.41) is 78.2. The number of fused-ring (bicyclic) bond motifs is 5. The number of anilines is 2. The fourth-order valence-electron chi connectivity index (χ4n) is 15.1. The Labute approximate surface area is 678 Å². The monoisotopic (exact) mass is 1620 g/mol. The second-order valence-corrected chi connectivity index (χ2v) is 31.1. The molecule has 3 aliphatic rings. The smallest absolute Gasteiger partial charge is 0.410 e. The van der Waals surface area contributed by atoms with Crippen LogP contribution in [-0.4, -0.2) is 255 Å². The molecule has 5 aromatic rings. The maximum atomic E-state index is 14.9. The van der Waals surface area contributed by atoms with E-state index in [-0.39, 0.29) is 74.7 Å². The van der Waals surface area contributed by atoms with Gasteiger partial charge in [0.05, 0.1) is 79.9 Å². The van der Waals surface area contributed by atoms with E-state index in [1.54, 1.807) is 121 Å². The first-order chi connectivity index (χ1) is 55.7. The predicted molar refractivity (Wildman–Crippen MR) is 427 cm³/mol. The summed E-state index contributed by atoms with van der Waals surface area (Å²) in [4.78, 5) is 147. The molecule has 0 spiro atoms. The van der Waals surface area contributed by atoms with Crippen molar-refractivity contribution in [3.63, 3.8) is 0 Å². The third kappa shape index (κ3) is 23.1. The number of ether oxygens (including phenoxy) is 5. The molecule has 2 saturated heterocycles. The molecule has 4 heterocycles. The molecule has 8 rings (SSSR count). The van der Waals surface area contributed by atoms with Crippen molar-refractivity contribution >= 4 is 70.6 Å². The Kier molecular flexibility index (Phi) is 33.3. The van der Waals surface area contributed by atoms with Crippen molar-refractivity contribution < 1.29 is 98.6 Å². The third-order valence-electron chi connectivity index (χ3n) is 21.9. The highest BCUT2D eigenvalue weighted by Crippen LogP contribution is 2.41. The van der Waals surface area contributed by atoms with Gasteiger partial charge in [0, 0.05) is 77.5 Å². The number of nitrogens with zero attached hydrogens (tertiary/aromatic N) is 6. The summed E-state index contributed by atoms with van der Waals surface area (Å²) in [6.45, 7) is 16.1. The summed E-state index contributed by atoms with van der Waals surface area (Å²) in [5.74, 6) is -7.53. The molecule has 12 N–H and O–H groups in total. The zero-order chi connectivity index (χ0) is 85.8. The average Bonchev–Trinajstić information content (AvgIpc) is 1.68. The summed E-state index contributed by atoms with van der Waals surface area (Å²) in [6, 6.07) is 22.4. The molecule has 0 saturated carbocycles. The number of benzene rings is 4. The molecule has 0 aliphatic carbocycles. The standard InChI is InChI=1S/C83H117N13O20/c1-15-48(8)71(60(112-13)40-65(101)95-39-23-30-59(95)76(113-14)49(9)77(106)85-50(10)72(102)52-24-17-16-18-25-52)93(11)81(110)67(46(4)5)89-80(109)70(47(6)7)94(12)83(111)115-43-51-31-33-54(34-32-51)86-78(107)57(44-114-82-75(105)74(104)73(103)61(42-97)116-82)87-79(108)66(45(2)3)88-63(99)37-38-84-62(98)35-36-64(100)96-41-53-26-19-20-27-55(53)68-69(91-92-90-68)56-28-21-22-29-58(56)96/h16-22,24-29,31-34,45-50,57,59-61,66-67,70-76,82,97,102-105H,15,23,30,35-44H2,1-14H3,(H,84,98)(H,85,106)(H,86,107)(H,87,108)(H,88,99)(H,89,109)(H,90,91,92)/t48-,49+,50+,57-,59-,60+,61+,66-,67-,70-,71-,72+,73+,74-,75+,76+,82+/m0/s1/i/hT. The van der Waals surface area contributed by atoms with Gasteiger partial charge in [-0.05, 0) is 78.3 Å². The van der Waals surface area contributed by atoms with Crippen molar-refractivity contribution in [2.75, 3.05) is 64.8 Å². The van der Waals surface area contributed by atoms with Crippen LogP contribution in [0, 0.1) is 29.6 Å². The van der Waals surface area contributed by atoms with E-state index < -0.39 is 170 Å². The zero-order valence-electron chi connectivity index (χ0n) is 69.5. The number of carbonyl (C=O) groups is 10. The van der Waals surface area contributed by atoms with Gasteiger partial charge in [-0.15, -0.1) is 5.10 Å². The number of H-pyrrole nitrogens is 1. The Bertz CT molecular complexity index is 4190. The molecular weight excluding hydrogens is 1500 g/mol. The molecule has 10 amide bonds. The van der Waals surface area contributed by atoms with Crippen molar-refractivity contribution in [1.82, 2.24) is 56.7 Å². The van der Waals surface area contributed by atoms with Crippen molar-refractivity contribution in [1.29, 1.82) is 0 Å². The molecule has 2 fully saturated rings. The summed E-state index contributed by atoms with van der Waals surface area (Å²) in [5.41, 5.74) is 4.62. The first-order valence-electron chi connectivity index (χ1n) is 40.1. The van der Waals surface area contributed by atoms with Crippen LogP contribution in [0.5, 0.6) is 0 Å². The zero-order valence-corrected chi connectivity index (χ0v) is 68.5. The fraction of sp³-hybridized carbons (Fsp3) is 0.566. The minimum Gasteiger partial charge on any atom is -0.445 e. The van der Waals surface area contributed by atoms with E-state index in [1.165, 1.54) is 50.4 Å². The normalized spacial score (nSPS) is 20.2. The highest BCUT2D eigenvalue weighted by molar-refractivity contribution is 6.02. The Morgan fingerprint density at radius 1 is 0.698 bits per heavy atom. The Morgan fingerprint density at radius 3 is 2.01 bits per heavy atom. The number of carbonyl (C=O) groups excluding carboxylic acids is 10. The molecule has 634 valence electrons. The second kappa shape index (κ2) is 42.9. The van der Waals surface area contributed by atoms with Crippen LogP contribution in [0.1, 0.15) is 137 Å². The molecule has 17 atom stereocenters. The number of para-hydroxylation sites is 1. The molecule has 33 heteroatoms. The van der Waals surface area contributed by atoms with Crippen LogP contribution in [0.15, 0.2) is 103 Å². The van der Waals surface area contributed by atoms with Crippen LogP contribution in [-0.2, 0) is 80.0 Å². The van der Waals surface area contributed by atoms with E-state index >= 15 is 0 Å². The van der Waals surface area contributed by atoms with Gasteiger partial charge in [-0.1, -0.05) is 159 Å². The van der Waals surface area contributed by atoms with Crippen LogP contribution in [0.4, 0.5) is 16.2 Å². The summed E-state index contributed by atoms with van der Waals surface area (Å²) in [6.07, 6.45) is -11.0. The number of nitrogens with one attached hydrogen (secondary N) is 7. The van der Waals surface area contributed by atoms with E-state index in [0.717, 1.165) is 15.6 Å². The maximum Gasteiger partial charge on any atom is 0.410 e. The maximum absolute atomic E-state index is 14.9. The lowest BCUT2D eigenvalue weighted by molar-refractivity contribution is -0.301. The highest BCUT2D eigenvalue weighted by Gasteiger charge is 2.47. The van der Waals surface area contributed by atoms with Gasteiger partial charge in [-0.25, -0.2) is 4.79 Å². The van der Waals surface area contributed by atoms with Gasteiger partial charge < -0.3 is 95.8 Å². The Hall–Kier alpha value is -9.84. The number of methoxy groups -OCH3 is 2. The fourth-order valence-corrected chi connectivity index (χ4v) is 15.1. The molecular formula is C83H117N13O20. The summed E-state index contributed by atoms with van der Waals surface area (Å²) >= 11 is 0. The molecule has 0 unspecified atom stereocenters. The molecule has 3 aliphatic heterocycles. The number of aromatic nitrogens is 3. The Morgan fingerprint density at radius 2 is 1.36 bits per heavy atom. The number of rotatable bonds is 38. The van der Waals surface area contributed by atoms with Gasteiger partial charge in [0.15, 0.2) is 7.70 Å². The number of aliphatic hydroxyl groups is 5. The van der Waals surface area contributed by atoms with Crippen LogP contribution >= 0.6 is 0 Å². The Balaban J connectivity index is 0.852. The van der Waals surface area contributed by atoms with Crippen molar-refractivity contribution in [2.24, 2.45) is 29.6 Å². The van der Waals surface area contributed by atoms with Gasteiger partial charge in [-0.2, -0.15) is 0 Å². The van der Waals surface area contributed by atoms with E-state index in [9.17, 15) is 73.5 Å². The van der Waals surface area contributed by atoms with Crippen LogP contribution in [0.3, 0.4) is 0 Å². The number of hydrogen-bond acceptors (Lipinski definition) is 22. The molecule has 0 radical (unpaired) electrons. The van der Waals surface area contributed by atoms with E-state index in [4.69, 9.17) is 25.1 Å². The highest BCUT2D eigenvalue weighted by atomic mass is 16.7. The van der Waals surface area contributed by atoms with E-state index in [2.05, 4.69) is 42.2 Å². The average molecular weight is 1620 g/mol. The number of likely N-dealkylation sites (tertiary alicyclic amines) is 1.